The van der Waals surface area contributed by atoms with E-state index >= 15 is 0 Å². The van der Waals surface area contributed by atoms with Crippen LogP contribution < -0.4 is 10.9 Å². The number of nitrogens with one attached hydrogen (secondary N) is 2. The lowest BCUT2D eigenvalue weighted by atomic mass is 10.1. The highest BCUT2D eigenvalue weighted by Crippen LogP contribution is 2.03. The molecule has 0 bridgehead atoms. The second kappa shape index (κ2) is 11.4. The minimum Gasteiger partial charge on any atom is -0.480 e. The van der Waals surface area contributed by atoms with Crippen molar-refractivity contribution >= 4 is 11.9 Å². The molecule has 0 aliphatic heterocycles. The van der Waals surface area contributed by atoms with Crippen molar-refractivity contribution in [2.75, 3.05) is 6.54 Å². The van der Waals surface area contributed by atoms with Crippen LogP contribution in [0, 0.1) is 0 Å². The Morgan fingerprint density at radius 2 is 1.43 bits per heavy atom. The summed E-state index contributed by atoms with van der Waals surface area (Å²) < 4.78 is 0. The summed E-state index contributed by atoms with van der Waals surface area (Å²) in [5.41, 5.74) is 5.07. The number of carbonyl (C=O) groups is 2. The maximum atomic E-state index is 11.1. The maximum Gasteiger partial charge on any atom is 0.322 e. The summed E-state index contributed by atoms with van der Waals surface area (Å²) in [6.45, 7) is 1.96. The first kappa shape index (κ1) is 19.7. The van der Waals surface area contributed by atoms with E-state index in [1.807, 2.05) is 6.92 Å². The van der Waals surface area contributed by atoms with E-state index in [0.717, 1.165) is 12.8 Å². The Morgan fingerprint density at radius 3 is 1.81 bits per heavy atom. The fourth-order valence-corrected chi connectivity index (χ4v) is 1.73. The monoisotopic (exact) mass is 307 g/mol. The molecule has 0 saturated carbocycles. The number of carboxylic acids is 2. The highest BCUT2D eigenvalue weighted by molar-refractivity contribution is 5.74. The van der Waals surface area contributed by atoms with Crippen LogP contribution >= 0.6 is 0 Å². The van der Waals surface area contributed by atoms with Gasteiger partial charge in [-0.15, -0.1) is 0 Å². The largest absolute Gasteiger partial charge is 0.480 e. The van der Waals surface area contributed by atoms with Gasteiger partial charge in [0.25, 0.3) is 0 Å². The van der Waals surface area contributed by atoms with Crippen LogP contribution in [0.2, 0.25) is 0 Å². The lowest BCUT2D eigenvalue weighted by Gasteiger charge is -2.19. The third-order valence-electron chi connectivity index (χ3n) is 2.98. The molecule has 0 amide bonds. The first-order chi connectivity index (χ1) is 9.88. The van der Waals surface area contributed by atoms with Gasteiger partial charge in [-0.3, -0.25) is 20.0 Å². The number of hydroxylamine groups is 2. The molecular weight excluding hydrogens is 282 g/mol. The first-order valence-electron chi connectivity index (χ1n) is 7.00. The summed E-state index contributed by atoms with van der Waals surface area (Å²) in [4.78, 5) is 22.1. The molecule has 0 heterocycles. The molecule has 0 aliphatic rings. The zero-order valence-corrected chi connectivity index (χ0v) is 12.2. The van der Waals surface area contributed by atoms with Gasteiger partial charge < -0.3 is 10.2 Å². The third-order valence-corrected chi connectivity index (χ3v) is 2.98. The fourth-order valence-electron chi connectivity index (χ4n) is 1.73. The molecule has 6 N–H and O–H groups in total. The van der Waals surface area contributed by atoms with Crippen LogP contribution in [0.15, 0.2) is 0 Å². The second-order valence-corrected chi connectivity index (χ2v) is 4.80. The van der Waals surface area contributed by atoms with Gasteiger partial charge in [-0.1, -0.05) is 25.0 Å². The van der Waals surface area contributed by atoms with E-state index in [1.54, 1.807) is 0 Å². The molecule has 0 unspecified atom stereocenters. The van der Waals surface area contributed by atoms with Gasteiger partial charge in [0.2, 0.25) is 0 Å². The van der Waals surface area contributed by atoms with Crippen molar-refractivity contribution in [1.29, 1.82) is 0 Å². The van der Waals surface area contributed by atoms with Crippen LogP contribution in [0.25, 0.3) is 0 Å². The maximum absolute atomic E-state index is 11.1. The summed E-state index contributed by atoms with van der Waals surface area (Å²) in [5.74, 6) is -2.12. The van der Waals surface area contributed by atoms with Crippen LogP contribution in [0.5, 0.6) is 0 Å². The Kier molecular flexibility index (Phi) is 10.7. The van der Waals surface area contributed by atoms with E-state index < -0.39 is 24.0 Å². The van der Waals surface area contributed by atoms with Gasteiger partial charge in [-0.05, 0) is 25.7 Å². The Balaban J connectivity index is 4.17. The van der Waals surface area contributed by atoms with Gasteiger partial charge in [-0.25, -0.2) is 10.9 Å². The van der Waals surface area contributed by atoms with E-state index in [2.05, 4.69) is 10.9 Å². The minimum atomic E-state index is -1.09. The van der Waals surface area contributed by atoms with Crippen molar-refractivity contribution in [3.05, 3.63) is 0 Å². The van der Waals surface area contributed by atoms with Gasteiger partial charge >= 0.3 is 11.9 Å². The standard InChI is InChI=1S/C12H25N3O6/c1-2-3-6-9(11(16)17)13-14-10(12(18)19)7-4-5-8-15(20)21/h9-10,13-14,20-21H,2-8H2,1H3,(H,16,17)(H,18,19)/t9-,10-/m0/s1. The van der Waals surface area contributed by atoms with Gasteiger partial charge in [0.15, 0.2) is 0 Å². The molecule has 0 spiro atoms. The molecule has 0 saturated heterocycles. The highest BCUT2D eigenvalue weighted by atomic mass is 16.8. The van der Waals surface area contributed by atoms with Crippen LogP contribution in [0.1, 0.15) is 45.4 Å². The summed E-state index contributed by atoms with van der Waals surface area (Å²) >= 11 is 0. The summed E-state index contributed by atoms with van der Waals surface area (Å²) in [6, 6.07) is -1.77. The number of aliphatic carboxylic acids is 2. The number of carboxylic acid groups (broad SMARTS) is 2. The third kappa shape index (κ3) is 10.2. The van der Waals surface area contributed by atoms with Gasteiger partial charge in [0.1, 0.15) is 12.1 Å². The minimum absolute atomic E-state index is 0.0218. The molecule has 9 heteroatoms. The van der Waals surface area contributed by atoms with Gasteiger partial charge in [0.05, 0.1) is 6.54 Å². The molecule has 0 aromatic rings. The fraction of sp³-hybridized carbons (Fsp3) is 0.833. The van der Waals surface area contributed by atoms with Crippen LogP contribution in [0.3, 0.4) is 0 Å². The first-order valence-corrected chi connectivity index (χ1v) is 7.00. The number of nitrogens with zero attached hydrogens (tertiary/aromatic N) is 1. The number of hydrogen-bond acceptors (Lipinski definition) is 7. The number of unbranched alkanes of at least 4 members (excludes halogenated alkanes) is 2. The molecule has 0 rings (SSSR count). The molecule has 0 fully saturated rings. The van der Waals surface area contributed by atoms with Crippen molar-refractivity contribution in [2.24, 2.45) is 0 Å². The number of rotatable bonds is 13. The zero-order chi connectivity index (χ0) is 16.3. The van der Waals surface area contributed by atoms with Crippen molar-refractivity contribution in [1.82, 2.24) is 16.1 Å². The summed E-state index contributed by atoms with van der Waals surface area (Å²) in [6.07, 6.45) is 3.11. The topological polar surface area (TPSA) is 142 Å². The van der Waals surface area contributed by atoms with Gasteiger partial charge in [-0.2, -0.15) is 0 Å². The molecule has 0 aromatic carbocycles. The average Bonchev–Trinajstić information content (AvgIpc) is 2.39. The molecule has 0 aromatic heterocycles. The molecular formula is C12H25N3O6. The Morgan fingerprint density at radius 1 is 0.952 bits per heavy atom. The quantitative estimate of drug-likeness (QED) is 0.211. The molecule has 0 radical (unpaired) electrons. The van der Waals surface area contributed by atoms with E-state index in [-0.39, 0.29) is 18.2 Å². The molecule has 9 nitrogen and oxygen atoms in total. The average molecular weight is 307 g/mol. The van der Waals surface area contributed by atoms with Crippen molar-refractivity contribution < 1.29 is 30.2 Å². The van der Waals surface area contributed by atoms with Crippen LogP contribution in [-0.4, -0.2) is 56.4 Å². The summed E-state index contributed by atoms with van der Waals surface area (Å²) in [7, 11) is 0. The number of hydrogen-bond donors (Lipinski definition) is 6. The second-order valence-electron chi connectivity index (χ2n) is 4.80. The normalized spacial score (nSPS) is 14.1. The van der Waals surface area contributed by atoms with Crippen molar-refractivity contribution in [2.45, 2.75) is 57.5 Å². The molecule has 21 heavy (non-hydrogen) atoms. The Labute approximate surface area is 123 Å². The zero-order valence-electron chi connectivity index (χ0n) is 12.2. The highest BCUT2D eigenvalue weighted by Gasteiger charge is 2.21. The molecule has 0 aliphatic carbocycles. The molecule has 2 atom stereocenters. The van der Waals surface area contributed by atoms with Crippen molar-refractivity contribution in [3.8, 4) is 0 Å². The Bertz CT molecular complexity index is 313. The van der Waals surface area contributed by atoms with E-state index in [1.165, 1.54) is 0 Å². The smallest absolute Gasteiger partial charge is 0.322 e. The predicted molar refractivity (Wildman–Crippen MR) is 72.8 cm³/mol. The predicted octanol–water partition coefficient (Wildman–Crippen LogP) is 0.428. The van der Waals surface area contributed by atoms with E-state index in [0.29, 0.717) is 19.3 Å². The van der Waals surface area contributed by atoms with Crippen LogP contribution in [-0.2, 0) is 9.59 Å². The Hall–Kier alpha value is -1.26. The van der Waals surface area contributed by atoms with Crippen LogP contribution in [0.4, 0.5) is 0 Å². The van der Waals surface area contributed by atoms with Gasteiger partial charge in [0, 0.05) is 0 Å². The van der Waals surface area contributed by atoms with E-state index in [9.17, 15) is 9.59 Å². The lowest BCUT2D eigenvalue weighted by Crippen LogP contribution is -2.52. The van der Waals surface area contributed by atoms with E-state index in [4.69, 9.17) is 20.6 Å². The SMILES string of the molecule is CCCC[C@H](NN[C@@H](CCCCN(O)O)C(=O)O)C(=O)O. The molecule has 124 valence electrons. The number of hydrazine groups is 1. The summed E-state index contributed by atoms with van der Waals surface area (Å²) in [5, 5.41) is 35.2. The van der Waals surface area contributed by atoms with Crippen molar-refractivity contribution in [3.63, 3.8) is 0 Å². The lowest BCUT2D eigenvalue weighted by molar-refractivity contribution is -0.306.